The summed E-state index contributed by atoms with van der Waals surface area (Å²) in [4.78, 5) is 53.2. The van der Waals surface area contributed by atoms with E-state index in [1.807, 2.05) is 0 Å². The van der Waals surface area contributed by atoms with Gasteiger partial charge in [-0.05, 0) is 29.8 Å². The summed E-state index contributed by atoms with van der Waals surface area (Å²) in [7, 11) is 0. The third-order valence-corrected chi connectivity index (χ3v) is 3.69. The van der Waals surface area contributed by atoms with E-state index in [0.717, 1.165) is 6.92 Å². The van der Waals surface area contributed by atoms with Gasteiger partial charge in [0.1, 0.15) is 0 Å². The Morgan fingerprint density at radius 3 is 2.68 bits per heavy atom. The van der Waals surface area contributed by atoms with Gasteiger partial charge in [-0.1, -0.05) is 24.3 Å². The number of hydrogen-bond acceptors (Lipinski definition) is 6. The molecule has 9 nitrogen and oxygen atoms in total. The maximum atomic E-state index is 12.3. The molecule has 0 aliphatic carbocycles. The molecule has 0 spiro atoms. The molecule has 142 valence electrons. The van der Waals surface area contributed by atoms with Crippen molar-refractivity contribution in [1.82, 2.24) is 15.3 Å². The molecule has 1 heterocycles. The number of carbonyl (C=O) groups is 3. The van der Waals surface area contributed by atoms with Gasteiger partial charge in [-0.25, -0.2) is 9.78 Å². The fourth-order valence-corrected chi connectivity index (χ4v) is 2.49. The molecule has 0 radical (unpaired) electrons. The van der Waals surface area contributed by atoms with Crippen LogP contribution in [0.5, 0.6) is 0 Å². The van der Waals surface area contributed by atoms with E-state index >= 15 is 0 Å². The second-order valence-electron chi connectivity index (χ2n) is 5.82. The number of benzene rings is 2. The van der Waals surface area contributed by atoms with Gasteiger partial charge in [0, 0.05) is 19.2 Å². The van der Waals surface area contributed by atoms with Crippen LogP contribution in [-0.4, -0.2) is 27.9 Å². The van der Waals surface area contributed by atoms with Gasteiger partial charge >= 0.3 is 12.1 Å². The summed E-state index contributed by atoms with van der Waals surface area (Å²) < 4.78 is 4.40. The Labute approximate surface area is 158 Å². The predicted octanol–water partition coefficient (Wildman–Crippen LogP) is 1.95. The lowest BCUT2D eigenvalue weighted by atomic mass is 10.2. The molecule has 9 heteroatoms. The maximum absolute atomic E-state index is 12.3. The first-order chi connectivity index (χ1) is 13.4. The monoisotopic (exact) mass is 380 g/mol. The molecule has 3 rings (SSSR count). The molecule has 3 N–H and O–H groups in total. The number of aromatic nitrogens is 2. The largest absolute Gasteiger partial charge is 0.419 e. The van der Waals surface area contributed by atoms with Gasteiger partial charge in [0.05, 0.1) is 10.9 Å². The molecule has 1 aromatic heterocycles. The zero-order valence-corrected chi connectivity index (χ0v) is 14.8. The fraction of sp³-hybridized carbons (Fsp3) is 0.105. The van der Waals surface area contributed by atoms with E-state index in [1.54, 1.807) is 48.5 Å². The van der Waals surface area contributed by atoms with E-state index in [1.165, 1.54) is 0 Å². The third kappa shape index (κ3) is 4.58. The number of rotatable bonds is 4. The number of ether oxygens (including phenoxy) is 1. The molecule has 0 bridgehead atoms. The van der Waals surface area contributed by atoms with E-state index < -0.39 is 23.5 Å². The van der Waals surface area contributed by atoms with Crippen molar-refractivity contribution in [2.45, 2.75) is 13.5 Å². The molecular formula is C19H16N4O5. The number of aromatic amines is 1. The Bertz CT molecular complexity index is 1120. The maximum Gasteiger partial charge on any atom is 0.419 e. The highest BCUT2D eigenvalue weighted by Crippen LogP contribution is 2.11. The van der Waals surface area contributed by atoms with Gasteiger partial charge in [-0.15, -0.1) is 0 Å². The minimum Gasteiger partial charge on any atom is -0.376 e. The minimum absolute atomic E-state index is 0.0944. The number of nitrogens with one attached hydrogen (secondary N) is 3. The number of fused-ring (bicyclic) bond motifs is 1. The molecule has 28 heavy (non-hydrogen) atoms. The van der Waals surface area contributed by atoms with Crippen molar-refractivity contribution < 1.29 is 19.1 Å². The highest BCUT2D eigenvalue weighted by molar-refractivity contribution is 5.93. The zero-order chi connectivity index (χ0) is 20.1. The Hall–Kier alpha value is -4.01. The summed E-state index contributed by atoms with van der Waals surface area (Å²) in [5, 5.41) is 5.45. The number of esters is 1. The van der Waals surface area contributed by atoms with Crippen LogP contribution in [0.2, 0.25) is 0 Å². The molecule has 2 aromatic carbocycles. The van der Waals surface area contributed by atoms with Crippen molar-refractivity contribution in [3.8, 4) is 0 Å². The van der Waals surface area contributed by atoms with Crippen LogP contribution in [-0.2, 0) is 16.1 Å². The Morgan fingerprint density at radius 2 is 1.89 bits per heavy atom. The highest BCUT2D eigenvalue weighted by Gasteiger charge is 2.11. The number of amides is 2. The van der Waals surface area contributed by atoms with E-state index in [9.17, 15) is 19.2 Å². The quantitative estimate of drug-likeness (QED) is 0.468. The van der Waals surface area contributed by atoms with Crippen molar-refractivity contribution in [1.29, 1.82) is 0 Å². The lowest BCUT2D eigenvalue weighted by Crippen LogP contribution is -2.27. The first kappa shape index (κ1) is 18.8. The summed E-state index contributed by atoms with van der Waals surface area (Å²) in [6.07, 6.45) is -0.897. The number of carbonyl (C=O) groups excluding carboxylic acids is 3. The Balaban J connectivity index is 1.68. The molecule has 0 atom stereocenters. The van der Waals surface area contributed by atoms with Crippen molar-refractivity contribution in [3.05, 3.63) is 70.3 Å². The van der Waals surface area contributed by atoms with E-state index in [2.05, 4.69) is 25.3 Å². The molecule has 0 aliphatic heterocycles. The van der Waals surface area contributed by atoms with E-state index in [-0.39, 0.29) is 12.4 Å². The molecule has 0 unspecified atom stereocenters. The van der Waals surface area contributed by atoms with Crippen molar-refractivity contribution in [2.24, 2.45) is 0 Å². The smallest absolute Gasteiger partial charge is 0.376 e. The molecule has 3 aromatic rings. The summed E-state index contributed by atoms with van der Waals surface area (Å²) in [5.74, 6) is -1.36. The van der Waals surface area contributed by atoms with Crippen molar-refractivity contribution in [3.63, 3.8) is 0 Å². The van der Waals surface area contributed by atoms with Crippen molar-refractivity contribution >= 4 is 34.6 Å². The third-order valence-electron chi connectivity index (χ3n) is 3.69. The topological polar surface area (TPSA) is 130 Å². The van der Waals surface area contributed by atoms with E-state index in [4.69, 9.17) is 0 Å². The lowest BCUT2D eigenvalue weighted by molar-refractivity contribution is -0.134. The van der Waals surface area contributed by atoms with Crippen LogP contribution in [0.25, 0.3) is 10.9 Å². The number of para-hydroxylation sites is 1. The predicted molar refractivity (Wildman–Crippen MR) is 101 cm³/mol. The van der Waals surface area contributed by atoms with Crippen LogP contribution in [0, 0.1) is 0 Å². The fourth-order valence-electron chi connectivity index (χ4n) is 2.49. The Kier molecular flexibility index (Phi) is 5.45. The summed E-state index contributed by atoms with van der Waals surface area (Å²) in [6, 6.07) is 13.3. The van der Waals surface area contributed by atoms with Crippen LogP contribution < -0.4 is 16.2 Å². The van der Waals surface area contributed by atoms with Gasteiger partial charge in [-0.2, -0.15) is 0 Å². The van der Waals surface area contributed by atoms with Gasteiger partial charge in [-0.3, -0.25) is 19.7 Å². The molecule has 0 aliphatic rings. The zero-order valence-electron chi connectivity index (χ0n) is 14.8. The summed E-state index contributed by atoms with van der Waals surface area (Å²) in [6.45, 7) is 1.25. The first-order valence-corrected chi connectivity index (χ1v) is 8.28. The molecular weight excluding hydrogens is 364 g/mol. The minimum atomic E-state index is -0.897. The Morgan fingerprint density at radius 1 is 1.11 bits per heavy atom. The van der Waals surface area contributed by atoms with Crippen LogP contribution in [0.3, 0.4) is 0 Å². The SMILES string of the molecule is CC(=O)OC(=O)Nc1cccc(CNC(=O)c2nc3ccccc3c(=O)[nH]2)c1. The van der Waals surface area contributed by atoms with Crippen LogP contribution in [0.4, 0.5) is 10.5 Å². The van der Waals surface area contributed by atoms with E-state index in [0.29, 0.717) is 22.2 Å². The second-order valence-corrected chi connectivity index (χ2v) is 5.82. The molecule has 2 amide bonds. The first-order valence-electron chi connectivity index (χ1n) is 8.28. The number of anilines is 1. The van der Waals surface area contributed by atoms with Crippen LogP contribution >= 0.6 is 0 Å². The number of nitrogens with zero attached hydrogens (tertiary/aromatic N) is 1. The van der Waals surface area contributed by atoms with Crippen molar-refractivity contribution in [2.75, 3.05) is 5.32 Å². The molecule has 0 saturated carbocycles. The highest BCUT2D eigenvalue weighted by atomic mass is 16.6. The number of H-pyrrole nitrogens is 1. The molecule has 0 saturated heterocycles. The van der Waals surface area contributed by atoms with Crippen LogP contribution in [0.1, 0.15) is 23.1 Å². The molecule has 0 fully saturated rings. The standard InChI is InChI=1S/C19H16N4O5/c1-11(24)28-19(27)21-13-6-4-5-12(9-13)10-20-18(26)16-22-15-8-3-2-7-14(15)17(25)23-16/h2-9H,10H2,1H3,(H,20,26)(H,21,27)(H,22,23,25). The van der Waals surface area contributed by atoms with Gasteiger partial charge in [0.2, 0.25) is 0 Å². The van der Waals surface area contributed by atoms with Gasteiger partial charge < -0.3 is 15.0 Å². The summed E-state index contributed by atoms with van der Waals surface area (Å²) >= 11 is 0. The van der Waals surface area contributed by atoms with Gasteiger partial charge in [0.15, 0.2) is 5.82 Å². The lowest BCUT2D eigenvalue weighted by Gasteiger charge is -2.08. The average molecular weight is 380 g/mol. The van der Waals surface area contributed by atoms with Gasteiger partial charge in [0.25, 0.3) is 11.5 Å². The van der Waals surface area contributed by atoms with Crippen LogP contribution in [0.15, 0.2) is 53.3 Å². The normalized spacial score (nSPS) is 10.3. The number of hydrogen-bond donors (Lipinski definition) is 3. The second kappa shape index (κ2) is 8.12. The summed E-state index contributed by atoms with van der Waals surface area (Å²) in [5.41, 5.74) is 1.10. The average Bonchev–Trinajstić information content (AvgIpc) is 2.65.